The van der Waals surface area contributed by atoms with Crippen LogP contribution in [0.3, 0.4) is 0 Å². The van der Waals surface area contributed by atoms with E-state index in [1.54, 1.807) is 0 Å². The van der Waals surface area contributed by atoms with E-state index in [0.717, 1.165) is 30.4 Å². The van der Waals surface area contributed by atoms with Crippen molar-refractivity contribution in [1.29, 1.82) is 0 Å². The maximum absolute atomic E-state index is 4.58. The molecule has 0 N–H and O–H groups in total. The summed E-state index contributed by atoms with van der Waals surface area (Å²) >= 11 is 0. The lowest BCUT2D eigenvalue weighted by atomic mass is 9.78. The molecule has 0 aliphatic heterocycles. The fourth-order valence-electron chi connectivity index (χ4n) is 3.95. The van der Waals surface area contributed by atoms with Gasteiger partial charge in [-0.1, -0.05) is 63.4 Å². The second-order valence-corrected chi connectivity index (χ2v) is 7.50. The number of nitrogens with zero attached hydrogens (tertiary/aromatic N) is 1. The largest absolute Gasteiger partial charge is 0.261 e. The van der Waals surface area contributed by atoms with E-state index in [9.17, 15) is 0 Å². The minimum absolute atomic E-state index is 0.905. The lowest BCUT2D eigenvalue weighted by Crippen LogP contribution is -2.15. The van der Waals surface area contributed by atoms with Crippen LogP contribution in [-0.4, -0.2) is 4.98 Å². The van der Waals surface area contributed by atoms with Crippen LogP contribution in [-0.2, 0) is 19.3 Å². The summed E-state index contributed by atoms with van der Waals surface area (Å²) in [7, 11) is 0. The lowest BCUT2D eigenvalue weighted by molar-refractivity contribution is 0.268. The Hall–Kier alpha value is -1.63. The van der Waals surface area contributed by atoms with Crippen molar-refractivity contribution < 1.29 is 0 Å². The van der Waals surface area contributed by atoms with Gasteiger partial charge in [-0.15, -0.1) is 0 Å². The quantitative estimate of drug-likeness (QED) is 0.636. The SMILES string of the molecule is CCc1ccc(Cc2ccc(CC3CCC(CC)CC3)cc2)nc1. The fraction of sp³-hybridized carbons (Fsp3) is 0.522. The van der Waals surface area contributed by atoms with Crippen LogP contribution >= 0.6 is 0 Å². The van der Waals surface area contributed by atoms with Crippen molar-refractivity contribution in [3.63, 3.8) is 0 Å². The first-order valence-corrected chi connectivity index (χ1v) is 9.78. The van der Waals surface area contributed by atoms with Crippen LogP contribution in [0, 0.1) is 11.8 Å². The van der Waals surface area contributed by atoms with Gasteiger partial charge in [-0.05, 0) is 60.3 Å². The van der Waals surface area contributed by atoms with Crippen molar-refractivity contribution in [3.8, 4) is 0 Å². The number of aryl methyl sites for hydroxylation is 1. The van der Waals surface area contributed by atoms with Crippen molar-refractivity contribution in [2.45, 2.75) is 65.2 Å². The van der Waals surface area contributed by atoms with Crippen LogP contribution in [0.25, 0.3) is 0 Å². The smallest absolute Gasteiger partial charge is 0.0447 e. The molecule has 1 heterocycles. The standard InChI is InChI=1S/C23H31N/c1-3-18-5-7-20(8-6-18)15-21-9-11-22(12-10-21)16-23-14-13-19(4-2)17-24-23/h9-14,17-18,20H,3-8,15-16H2,1-2H3. The van der Waals surface area contributed by atoms with E-state index >= 15 is 0 Å². The molecule has 1 aromatic carbocycles. The van der Waals surface area contributed by atoms with Crippen LogP contribution in [0.2, 0.25) is 0 Å². The Morgan fingerprint density at radius 2 is 1.42 bits per heavy atom. The number of hydrogen-bond donors (Lipinski definition) is 0. The highest BCUT2D eigenvalue weighted by Crippen LogP contribution is 2.32. The number of hydrogen-bond acceptors (Lipinski definition) is 1. The first-order chi connectivity index (χ1) is 11.8. The summed E-state index contributed by atoms with van der Waals surface area (Å²) in [4.78, 5) is 4.58. The van der Waals surface area contributed by atoms with Gasteiger partial charge in [0, 0.05) is 18.3 Å². The van der Waals surface area contributed by atoms with Gasteiger partial charge in [-0.25, -0.2) is 0 Å². The van der Waals surface area contributed by atoms with Crippen molar-refractivity contribution in [3.05, 3.63) is 65.0 Å². The van der Waals surface area contributed by atoms with E-state index in [2.05, 4.69) is 55.2 Å². The van der Waals surface area contributed by atoms with Gasteiger partial charge in [0.25, 0.3) is 0 Å². The third-order valence-corrected chi connectivity index (χ3v) is 5.77. The van der Waals surface area contributed by atoms with Gasteiger partial charge in [0.05, 0.1) is 0 Å². The summed E-state index contributed by atoms with van der Waals surface area (Å²) in [5.74, 6) is 1.90. The van der Waals surface area contributed by atoms with Crippen molar-refractivity contribution in [2.24, 2.45) is 11.8 Å². The van der Waals surface area contributed by atoms with Gasteiger partial charge in [0.2, 0.25) is 0 Å². The number of aromatic nitrogens is 1. The Bertz CT molecular complexity index is 603. The predicted octanol–water partition coefficient (Wildman–Crippen LogP) is 5.99. The van der Waals surface area contributed by atoms with Crippen molar-refractivity contribution in [1.82, 2.24) is 4.98 Å². The molecular formula is C23H31N. The summed E-state index contributed by atoms with van der Waals surface area (Å²) in [6.45, 7) is 4.51. The molecule has 0 amide bonds. The highest BCUT2D eigenvalue weighted by atomic mass is 14.7. The molecule has 128 valence electrons. The highest BCUT2D eigenvalue weighted by Gasteiger charge is 2.19. The second kappa shape index (κ2) is 8.46. The van der Waals surface area contributed by atoms with Gasteiger partial charge in [0.15, 0.2) is 0 Å². The average Bonchev–Trinajstić information content (AvgIpc) is 2.65. The Kier molecular flexibility index (Phi) is 6.07. The van der Waals surface area contributed by atoms with Gasteiger partial charge in [0.1, 0.15) is 0 Å². The fourth-order valence-corrected chi connectivity index (χ4v) is 3.95. The number of pyridine rings is 1. The molecule has 3 rings (SSSR count). The van der Waals surface area contributed by atoms with Crippen LogP contribution in [0.1, 0.15) is 68.3 Å². The summed E-state index contributed by atoms with van der Waals surface area (Å²) in [5.41, 5.74) is 5.35. The third-order valence-electron chi connectivity index (χ3n) is 5.77. The van der Waals surface area contributed by atoms with Gasteiger partial charge in [-0.3, -0.25) is 4.98 Å². The highest BCUT2D eigenvalue weighted by molar-refractivity contribution is 5.27. The molecule has 0 unspecified atom stereocenters. The molecule has 2 aromatic rings. The third kappa shape index (κ3) is 4.69. The Labute approximate surface area is 147 Å². The van der Waals surface area contributed by atoms with E-state index in [-0.39, 0.29) is 0 Å². The molecule has 1 aliphatic rings. The van der Waals surface area contributed by atoms with Crippen LogP contribution in [0.15, 0.2) is 42.6 Å². The molecule has 0 bridgehead atoms. The molecule has 1 saturated carbocycles. The molecule has 0 saturated heterocycles. The molecule has 24 heavy (non-hydrogen) atoms. The minimum atomic E-state index is 0.905. The van der Waals surface area contributed by atoms with Gasteiger partial charge in [-0.2, -0.15) is 0 Å². The zero-order valence-electron chi connectivity index (χ0n) is 15.3. The van der Waals surface area contributed by atoms with Crippen LogP contribution in [0.4, 0.5) is 0 Å². The molecule has 1 aromatic heterocycles. The second-order valence-electron chi connectivity index (χ2n) is 7.50. The molecule has 0 radical (unpaired) electrons. The van der Waals surface area contributed by atoms with Crippen molar-refractivity contribution >= 4 is 0 Å². The summed E-state index contributed by atoms with van der Waals surface area (Å²) in [5, 5.41) is 0. The summed E-state index contributed by atoms with van der Waals surface area (Å²) in [6, 6.07) is 13.6. The maximum Gasteiger partial charge on any atom is 0.0447 e. The lowest BCUT2D eigenvalue weighted by Gasteiger charge is -2.27. The van der Waals surface area contributed by atoms with E-state index < -0.39 is 0 Å². The molecule has 0 atom stereocenters. The first kappa shape index (κ1) is 17.2. The normalized spacial score (nSPS) is 20.9. The number of benzene rings is 1. The molecule has 0 spiro atoms. The maximum atomic E-state index is 4.58. The van der Waals surface area contributed by atoms with Crippen LogP contribution in [0.5, 0.6) is 0 Å². The molecule has 1 heteroatoms. The average molecular weight is 322 g/mol. The Morgan fingerprint density at radius 3 is 2.00 bits per heavy atom. The van der Waals surface area contributed by atoms with Gasteiger partial charge >= 0.3 is 0 Å². The zero-order valence-corrected chi connectivity index (χ0v) is 15.3. The molecule has 1 fully saturated rings. The monoisotopic (exact) mass is 321 g/mol. The van der Waals surface area contributed by atoms with E-state index in [0.29, 0.717) is 0 Å². The molecule has 1 aliphatic carbocycles. The Balaban J connectivity index is 1.53. The molecule has 1 nitrogen and oxygen atoms in total. The molecular weight excluding hydrogens is 290 g/mol. The van der Waals surface area contributed by atoms with E-state index in [1.807, 2.05) is 6.20 Å². The van der Waals surface area contributed by atoms with Crippen LogP contribution < -0.4 is 0 Å². The van der Waals surface area contributed by atoms with Gasteiger partial charge < -0.3 is 0 Å². The predicted molar refractivity (Wildman–Crippen MR) is 102 cm³/mol. The summed E-state index contributed by atoms with van der Waals surface area (Å²) < 4.78 is 0. The van der Waals surface area contributed by atoms with Crippen molar-refractivity contribution in [2.75, 3.05) is 0 Å². The zero-order chi connectivity index (χ0) is 16.8. The minimum Gasteiger partial charge on any atom is -0.261 e. The Morgan fingerprint density at radius 1 is 0.792 bits per heavy atom. The first-order valence-electron chi connectivity index (χ1n) is 9.78. The number of rotatable bonds is 6. The van der Waals surface area contributed by atoms with E-state index in [4.69, 9.17) is 0 Å². The van der Waals surface area contributed by atoms with E-state index in [1.165, 1.54) is 55.2 Å². The summed E-state index contributed by atoms with van der Waals surface area (Å²) in [6.07, 6.45) is 12.4. The topological polar surface area (TPSA) is 12.9 Å².